The van der Waals surface area contributed by atoms with Crippen LogP contribution in [0.4, 0.5) is 0 Å². The summed E-state index contributed by atoms with van der Waals surface area (Å²) in [5, 5.41) is 68.5. The molecule has 0 aromatic carbocycles. The average molecular weight is 1650 g/mol. The van der Waals surface area contributed by atoms with Crippen LogP contribution in [0.1, 0.15) is 107 Å². The van der Waals surface area contributed by atoms with Crippen LogP contribution in [0.2, 0.25) is 0 Å². The molecule has 0 aliphatic heterocycles. The molecule has 12 aromatic heterocycles. The summed E-state index contributed by atoms with van der Waals surface area (Å²) in [7, 11) is 6.55. The number of aliphatic hydroxyl groups is 1. The van der Waals surface area contributed by atoms with Crippen LogP contribution in [0.5, 0.6) is 0 Å². The minimum absolute atomic E-state index is 0.0625. The smallest absolute Gasteiger partial charge is 0.313 e. The number of aliphatic hydroxyl groups excluding tert-OH is 1. The van der Waals surface area contributed by atoms with E-state index in [4.69, 9.17) is 20.9 Å². The number of rotatable bonds is 21. The molecule has 0 saturated carbocycles. The molecule has 0 fully saturated rings. The summed E-state index contributed by atoms with van der Waals surface area (Å²) in [6.07, 6.45) is 0.402. The van der Waals surface area contributed by atoms with E-state index >= 15 is 0 Å². The fourth-order valence-corrected chi connectivity index (χ4v) is 21.0. The number of carboxylic acid groups (broad SMARTS) is 1. The predicted molar refractivity (Wildman–Crippen MR) is 416 cm³/mol. The molecule has 12 rings (SSSR count). The van der Waals surface area contributed by atoms with Crippen molar-refractivity contribution < 1.29 is 33.0 Å². The van der Waals surface area contributed by atoms with Crippen molar-refractivity contribution in [3.05, 3.63) is 268 Å². The van der Waals surface area contributed by atoms with E-state index in [0.29, 0.717) is 16.8 Å². The molecule has 0 saturated heterocycles. The van der Waals surface area contributed by atoms with E-state index in [9.17, 15) is 23.7 Å². The highest BCUT2D eigenvalue weighted by molar-refractivity contribution is 9.10. The number of hydrogen-bond donors (Lipinski definition) is 2. The van der Waals surface area contributed by atoms with Crippen LogP contribution in [-0.4, -0.2) is 59.1 Å². The molecule has 0 radical (unpaired) electrons. The number of carbonyl (C=O) groups excluding carboxylic acids is 2. The van der Waals surface area contributed by atoms with Crippen LogP contribution in [0.3, 0.4) is 0 Å². The summed E-state index contributed by atoms with van der Waals surface area (Å²) in [4.78, 5) is 31.3. The second kappa shape index (κ2) is 46.9. The summed E-state index contributed by atoms with van der Waals surface area (Å²) in [6, 6.07) is 24.6. The van der Waals surface area contributed by atoms with Crippen LogP contribution in [0.25, 0.3) is 0 Å². The van der Waals surface area contributed by atoms with Crippen molar-refractivity contribution >= 4 is 258 Å². The van der Waals surface area contributed by atoms with E-state index in [2.05, 4.69) is 157 Å². The maximum Gasteiger partial charge on any atom is 0.313 e. The van der Waals surface area contributed by atoms with E-state index in [0.717, 1.165) is 28.7 Å². The predicted octanol–water partition coefficient (Wildman–Crippen LogP) is 24.4. The lowest BCUT2D eigenvalue weighted by molar-refractivity contribution is -0.133. The number of aliphatic carboxylic acids is 1. The van der Waals surface area contributed by atoms with Crippen molar-refractivity contribution in [3.8, 4) is 0 Å². The molecule has 90 heavy (non-hydrogen) atoms. The molecule has 0 spiro atoms. The molecule has 12 heterocycles. The van der Waals surface area contributed by atoms with Gasteiger partial charge in [0.25, 0.3) is 0 Å². The van der Waals surface area contributed by atoms with Crippen molar-refractivity contribution in [1.29, 1.82) is 0 Å². The maximum absolute atomic E-state index is 12.0. The number of hydrogen-bond acceptors (Lipinski definition) is 21. The van der Waals surface area contributed by atoms with Gasteiger partial charge in [0.2, 0.25) is 14.5 Å². The number of thiophene rings is 12. The molecular formula is C62H58BrCl3O7S17. The van der Waals surface area contributed by atoms with E-state index in [-0.39, 0.29) is 26.7 Å². The molecule has 0 aliphatic carbocycles. The number of carboxylic acids is 1. The molecule has 1 unspecified atom stereocenters. The third kappa shape index (κ3) is 30.3. The van der Waals surface area contributed by atoms with E-state index < -0.39 is 32.1 Å². The Bertz CT molecular complexity index is 3370. The Labute approximate surface area is 614 Å². The second-order valence-electron chi connectivity index (χ2n) is 17.3. The highest BCUT2D eigenvalue weighted by Gasteiger charge is 2.22. The Hall–Kier alpha value is -2.13. The molecule has 0 bridgehead atoms. The van der Waals surface area contributed by atoms with Crippen molar-refractivity contribution in [1.82, 2.24) is 0 Å². The molecule has 7 nitrogen and oxygen atoms in total. The fourth-order valence-electron chi connectivity index (χ4n) is 7.32. The van der Waals surface area contributed by atoms with Crippen molar-refractivity contribution in [3.63, 3.8) is 0 Å². The zero-order valence-electron chi connectivity index (χ0n) is 47.5. The van der Waals surface area contributed by atoms with Crippen LogP contribution in [0.15, 0.2) is 206 Å². The summed E-state index contributed by atoms with van der Waals surface area (Å²) >= 11 is 33.7. The normalized spacial score (nSPS) is 10.9. The zero-order valence-corrected chi connectivity index (χ0v) is 65.2. The first-order valence-electron chi connectivity index (χ1n) is 26.1. The Morgan fingerprint density at radius 2 is 0.756 bits per heavy atom. The molecular weight excluding hydrogens is 1590 g/mol. The minimum atomic E-state index is -1.67. The molecule has 0 aliphatic rings. The summed E-state index contributed by atoms with van der Waals surface area (Å²) < 4.78 is 22.3. The molecule has 0 amide bonds. The number of halogens is 4. The summed E-state index contributed by atoms with van der Waals surface area (Å²) in [6.45, 7) is 4.19. The lowest BCUT2D eigenvalue weighted by atomic mass is 10.1. The third-order valence-corrected chi connectivity index (χ3v) is 26.2. The highest BCUT2D eigenvalue weighted by atomic mass is 79.9. The van der Waals surface area contributed by atoms with Gasteiger partial charge in [0.15, 0.2) is 6.29 Å². The van der Waals surface area contributed by atoms with Gasteiger partial charge < -0.3 is 10.2 Å². The van der Waals surface area contributed by atoms with Gasteiger partial charge in [0.1, 0.15) is 6.10 Å². The number of carbonyl (C=O) groups is 3. The van der Waals surface area contributed by atoms with Gasteiger partial charge in [-0.15, -0.1) is 35.3 Å². The van der Waals surface area contributed by atoms with Crippen LogP contribution < -0.4 is 0 Å². The molecule has 478 valence electrons. The molecule has 2 N–H and O–H groups in total. The average Bonchev–Trinajstić information content (AvgIpc) is 4.56. The summed E-state index contributed by atoms with van der Waals surface area (Å²) in [5.41, 5.74) is 12.8. The van der Waals surface area contributed by atoms with Gasteiger partial charge in [-0.3, -0.25) is 18.6 Å². The molecule has 28 heteroatoms. The van der Waals surface area contributed by atoms with Crippen LogP contribution in [0, 0.1) is 0 Å². The Morgan fingerprint density at radius 1 is 0.467 bits per heavy atom. The second-order valence-corrected chi connectivity index (χ2v) is 35.9. The van der Waals surface area contributed by atoms with Crippen LogP contribution >= 0.6 is 220 Å². The van der Waals surface area contributed by atoms with E-state index in [1.54, 1.807) is 143 Å². The molecule has 1 atom stereocenters. The van der Waals surface area contributed by atoms with Crippen molar-refractivity contribution in [2.24, 2.45) is 0 Å². The third-order valence-electron chi connectivity index (χ3n) is 11.3. The highest BCUT2D eigenvalue weighted by Crippen LogP contribution is 2.40. The van der Waals surface area contributed by atoms with Crippen molar-refractivity contribution in [2.45, 2.75) is 41.0 Å². The number of aldehydes is 1. The van der Waals surface area contributed by atoms with Gasteiger partial charge in [-0.1, -0.05) is 13.8 Å². The van der Waals surface area contributed by atoms with Gasteiger partial charge in [-0.25, -0.2) is 4.21 Å². The Kier molecular flexibility index (Phi) is 40.9. The van der Waals surface area contributed by atoms with Gasteiger partial charge >= 0.3 is 5.97 Å². The lowest BCUT2D eigenvalue weighted by Gasteiger charge is -2.12. The standard InChI is InChI=1S/C11H9ClOS3.C11H10O2S3.C11H12OS3.C11H12S3.C9H8OS2.C5H4OS.C4H3BrS.Cl2OS/c2*12-10(13)7-16-11(8-1-3-14-5-8)9-2-4-15-6-9;1-2-15(12)11(9-3-5-13-7-9)10-4-6-14-8-10;1-2-14-11(9-3-5-12-7-9)10-4-6-13-8-10;10-9(7-1-3-11-5-7)8-2-4-12-6-8;6-3-5-1-2-7-4-5;5-4-1-2-6-3-4;1-4(2)3/h1-6,11H,7H2;1-6,11H,7H2,(H,12,13);3-8,11H,2H2,1H3;3-8,11H,2H2,1H3;1-6,9-10H;1-4H;1-3H;. The van der Waals surface area contributed by atoms with E-state index in [1.807, 2.05) is 101 Å². The molecule has 12 aromatic rings. The van der Waals surface area contributed by atoms with Crippen LogP contribution in [-0.2, 0) is 29.6 Å². The summed E-state index contributed by atoms with van der Waals surface area (Å²) in [5.74, 6) is 1.58. The SMILES string of the molecule is Brc1ccsc1.CCS(=O)C(c1ccsc1)c1ccsc1.CCSC(c1ccsc1)c1ccsc1.O=C(Cl)CSC(c1ccsc1)c1ccsc1.O=C(O)CSC(c1ccsc1)c1ccsc1.O=Cc1ccsc1.O=S(Cl)Cl.OC(c1ccsc1)c1ccsc1. The first-order chi connectivity index (χ1) is 43.7. The topological polar surface area (TPSA) is 126 Å². The monoisotopic (exact) mass is 1640 g/mol. The lowest BCUT2D eigenvalue weighted by Crippen LogP contribution is -2.08. The first kappa shape index (κ1) is 78.6. The quantitative estimate of drug-likeness (QED) is 0.0531. The minimum Gasteiger partial charge on any atom is -0.481 e. The Morgan fingerprint density at radius 3 is 0.978 bits per heavy atom. The van der Waals surface area contributed by atoms with Gasteiger partial charge in [-0.2, -0.15) is 136 Å². The van der Waals surface area contributed by atoms with E-state index in [1.165, 1.54) is 72.1 Å². The zero-order chi connectivity index (χ0) is 64.7. The largest absolute Gasteiger partial charge is 0.481 e. The van der Waals surface area contributed by atoms with Gasteiger partial charge in [0, 0.05) is 58.7 Å². The fraction of sp³-hybridized carbons (Fsp3) is 0.177. The Balaban J connectivity index is 0.000000192. The van der Waals surface area contributed by atoms with Crippen molar-refractivity contribution in [2.75, 3.05) is 23.0 Å². The first-order valence-corrected chi connectivity index (χ1v) is 45.9. The van der Waals surface area contributed by atoms with Gasteiger partial charge in [-0.05, 0) is 280 Å². The van der Waals surface area contributed by atoms with Gasteiger partial charge in [0.05, 0.1) is 32.5 Å². The maximum atomic E-state index is 12.0. The number of thioether (sulfide) groups is 3.